The SMILES string of the molecule is O=C(NCCc1ccc(Cl)cc1)c1ccc2sc3ccccc3c(N3CCC(F)(F)CC3)cccc2c1. The zero-order chi connectivity index (χ0) is 25.8. The van der Waals surface area contributed by atoms with Crippen LogP contribution in [0.5, 0.6) is 0 Å². The van der Waals surface area contributed by atoms with Crippen molar-refractivity contribution in [3.05, 3.63) is 101 Å². The van der Waals surface area contributed by atoms with Crippen molar-refractivity contribution < 1.29 is 13.6 Å². The van der Waals surface area contributed by atoms with Gasteiger partial charge in [-0.15, -0.1) is 11.3 Å². The molecule has 1 N–H and O–H groups in total. The quantitative estimate of drug-likeness (QED) is 0.280. The molecule has 190 valence electrons. The Morgan fingerprint density at radius 3 is 2.46 bits per heavy atom. The fourth-order valence-corrected chi connectivity index (χ4v) is 5.73. The van der Waals surface area contributed by atoms with Gasteiger partial charge >= 0.3 is 0 Å². The second-order valence-electron chi connectivity index (χ2n) is 9.24. The third-order valence-electron chi connectivity index (χ3n) is 6.63. The molecule has 1 aromatic heterocycles. The van der Waals surface area contributed by atoms with Gasteiger partial charge in [0.15, 0.2) is 0 Å². The number of rotatable bonds is 5. The minimum absolute atomic E-state index is 0.124. The lowest BCUT2D eigenvalue weighted by molar-refractivity contribution is -0.0220. The van der Waals surface area contributed by atoms with Crippen LogP contribution in [0.1, 0.15) is 28.8 Å². The van der Waals surface area contributed by atoms with Crippen molar-refractivity contribution in [3.8, 4) is 0 Å². The Labute approximate surface area is 224 Å². The van der Waals surface area contributed by atoms with Crippen LogP contribution in [0.25, 0.3) is 20.2 Å². The number of carbonyl (C=O) groups excluding carboxylic acids is 1. The monoisotopic (exact) mass is 536 g/mol. The van der Waals surface area contributed by atoms with Crippen LogP contribution in [0.15, 0.2) is 84.9 Å². The molecule has 1 fully saturated rings. The molecule has 3 nitrogen and oxygen atoms in total. The molecular weight excluding hydrogens is 510 g/mol. The molecule has 4 aromatic rings. The van der Waals surface area contributed by atoms with E-state index in [1.54, 1.807) is 11.3 Å². The van der Waals surface area contributed by atoms with Gasteiger partial charge in [0.05, 0.1) is 0 Å². The molecule has 0 aliphatic carbocycles. The molecule has 2 heterocycles. The van der Waals surface area contributed by atoms with Crippen LogP contribution in [-0.4, -0.2) is 31.5 Å². The van der Waals surface area contributed by atoms with E-state index in [1.165, 1.54) is 0 Å². The average molecular weight is 537 g/mol. The molecule has 5 rings (SSSR count). The number of anilines is 1. The summed E-state index contributed by atoms with van der Waals surface area (Å²) in [6.07, 6.45) is 0.441. The van der Waals surface area contributed by atoms with Crippen LogP contribution in [-0.2, 0) is 6.42 Å². The predicted octanol–water partition coefficient (Wildman–Crippen LogP) is 8.04. The number of piperidine rings is 1. The van der Waals surface area contributed by atoms with E-state index in [0.717, 1.165) is 37.8 Å². The molecule has 0 bridgehead atoms. The Morgan fingerprint density at radius 1 is 0.919 bits per heavy atom. The van der Waals surface area contributed by atoms with E-state index in [9.17, 15) is 13.6 Å². The highest BCUT2D eigenvalue weighted by Crippen LogP contribution is 2.35. The van der Waals surface area contributed by atoms with Crippen LogP contribution in [0.2, 0.25) is 5.02 Å². The highest BCUT2D eigenvalue weighted by molar-refractivity contribution is 7.24. The first-order valence-electron chi connectivity index (χ1n) is 12.3. The van der Waals surface area contributed by atoms with Crippen molar-refractivity contribution >= 4 is 54.7 Å². The molecule has 1 aliphatic heterocycles. The average Bonchev–Trinajstić information content (AvgIpc) is 2.97. The van der Waals surface area contributed by atoms with E-state index in [4.69, 9.17) is 11.6 Å². The number of hydrogen-bond donors (Lipinski definition) is 1. The molecule has 1 aliphatic rings. The summed E-state index contributed by atoms with van der Waals surface area (Å²) in [5.41, 5.74) is 2.65. The largest absolute Gasteiger partial charge is 0.371 e. The van der Waals surface area contributed by atoms with Crippen LogP contribution < -0.4 is 10.2 Å². The van der Waals surface area contributed by atoms with Crippen molar-refractivity contribution in [1.29, 1.82) is 0 Å². The van der Waals surface area contributed by atoms with Crippen molar-refractivity contribution in [2.45, 2.75) is 25.2 Å². The minimum Gasteiger partial charge on any atom is -0.371 e. The fourth-order valence-electron chi connectivity index (χ4n) is 4.56. The number of halogens is 3. The topological polar surface area (TPSA) is 32.3 Å². The predicted molar refractivity (Wildman–Crippen MR) is 151 cm³/mol. The van der Waals surface area contributed by atoms with Crippen molar-refractivity contribution in [2.75, 3.05) is 24.5 Å². The van der Waals surface area contributed by atoms with Crippen molar-refractivity contribution in [3.63, 3.8) is 0 Å². The van der Waals surface area contributed by atoms with E-state index in [0.29, 0.717) is 30.2 Å². The van der Waals surface area contributed by atoms with Gasteiger partial charge in [0.1, 0.15) is 0 Å². The molecule has 7 heteroatoms. The summed E-state index contributed by atoms with van der Waals surface area (Å²) in [7, 11) is 0. The minimum atomic E-state index is -2.60. The van der Waals surface area contributed by atoms with Crippen LogP contribution in [0.3, 0.4) is 0 Å². The van der Waals surface area contributed by atoms with Gasteiger partial charge < -0.3 is 10.2 Å². The molecule has 1 amide bonds. The van der Waals surface area contributed by atoms with Crippen molar-refractivity contribution in [2.24, 2.45) is 0 Å². The van der Waals surface area contributed by atoms with E-state index < -0.39 is 5.92 Å². The summed E-state index contributed by atoms with van der Waals surface area (Å²) in [5.74, 6) is -2.72. The number of carbonyl (C=O) groups is 1. The zero-order valence-electron chi connectivity index (χ0n) is 20.2. The standard InChI is InChI=1S/C30H27ClF2N2OS/c31-24-11-8-21(9-12-24)14-17-34-29(36)23-10-13-27-22(20-23)4-3-6-26(25-5-1-2-7-28(25)37-27)35-18-15-30(32,33)16-19-35/h1-13,20H,14-19H2,(H,34,36). The first-order chi connectivity index (χ1) is 17.9. The van der Waals surface area contributed by atoms with E-state index in [-0.39, 0.29) is 18.7 Å². The maximum atomic E-state index is 13.8. The van der Waals surface area contributed by atoms with Gasteiger partial charge in [-0.1, -0.05) is 54.1 Å². The summed E-state index contributed by atoms with van der Waals surface area (Å²) < 4.78 is 29.7. The van der Waals surface area contributed by atoms with Gasteiger partial charge in [0.2, 0.25) is 0 Å². The third-order valence-corrected chi connectivity index (χ3v) is 8.05. The smallest absolute Gasteiger partial charge is 0.251 e. The first-order valence-corrected chi connectivity index (χ1v) is 13.5. The second kappa shape index (κ2) is 11.0. The molecular formula is C30H27ClF2N2OS. The molecule has 3 aromatic carbocycles. The molecule has 0 radical (unpaired) electrons. The number of alkyl halides is 2. The number of nitrogens with one attached hydrogen (secondary N) is 1. The van der Waals surface area contributed by atoms with E-state index >= 15 is 0 Å². The molecule has 0 atom stereocenters. The molecule has 37 heavy (non-hydrogen) atoms. The first kappa shape index (κ1) is 25.4. The van der Waals surface area contributed by atoms with Gasteiger partial charge in [-0.3, -0.25) is 4.79 Å². The summed E-state index contributed by atoms with van der Waals surface area (Å²) in [4.78, 5) is 14.9. The Balaban J connectivity index is 1.43. The number of benzene rings is 3. The molecule has 1 saturated heterocycles. The van der Waals surface area contributed by atoms with Gasteiger partial charge in [-0.25, -0.2) is 8.78 Å². The second-order valence-corrected chi connectivity index (χ2v) is 10.8. The van der Waals surface area contributed by atoms with E-state index in [1.807, 2.05) is 78.9 Å². The van der Waals surface area contributed by atoms with Crippen LogP contribution in [0, 0.1) is 0 Å². The number of nitrogens with zero attached hydrogens (tertiary/aromatic N) is 1. The molecule has 0 unspecified atom stereocenters. The Morgan fingerprint density at radius 2 is 1.68 bits per heavy atom. The Kier molecular flexibility index (Phi) is 7.58. The highest BCUT2D eigenvalue weighted by atomic mass is 35.5. The van der Waals surface area contributed by atoms with Gasteiger partial charge in [0, 0.05) is 63.5 Å². The highest BCUT2D eigenvalue weighted by Gasteiger charge is 2.34. The van der Waals surface area contributed by atoms with Gasteiger partial charge in [-0.05, 0) is 59.8 Å². The van der Waals surface area contributed by atoms with Gasteiger partial charge in [0.25, 0.3) is 11.8 Å². The lowest BCUT2D eigenvalue weighted by Gasteiger charge is -2.33. The normalized spacial score (nSPS) is 14.9. The summed E-state index contributed by atoms with van der Waals surface area (Å²) >= 11 is 7.57. The fraction of sp³-hybridized carbons (Fsp3) is 0.233. The maximum Gasteiger partial charge on any atom is 0.251 e. The summed E-state index contributed by atoms with van der Waals surface area (Å²) in [5, 5.41) is 5.66. The summed E-state index contributed by atoms with van der Waals surface area (Å²) in [6, 6.07) is 27.3. The zero-order valence-corrected chi connectivity index (χ0v) is 21.8. The Hall–Kier alpha value is -3.22. The number of hydrogen-bond acceptors (Lipinski definition) is 3. The van der Waals surface area contributed by atoms with E-state index in [2.05, 4.69) is 16.3 Å². The third kappa shape index (κ3) is 6.20. The maximum absolute atomic E-state index is 13.8. The number of amides is 1. The number of fused-ring (bicyclic) bond motifs is 2. The molecule has 0 spiro atoms. The lowest BCUT2D eigenvalue weighted by Crippen LogP contribution is -2.39. The van der Waals surface area contributed by atoms with Crippen LogP contribution >= 0.6 is 22.9 Å². The van der Waals surface area contributed by atoms with Crippen LogP contribution in [0.4, 0.5) is 14.5 Å². The van der Waals surface area contributed by atoms with Crippen molar-refractivity contribution in [1.82, 2.24) is 5.32 Å². The summed E-state index contributed by atoms with van der Waals surface area (Å²) in [6.45, 7) is 1.16. The molecule has 0 saturated carbocycles. The Bertz CT molecular complexity index is 1470. The van der Waals surface area contributed by atoms with Gasteiger partial charge in [-0.2, -0.15) is 0 Å². The lowest BCUT2D eigenvalue weighted by atomic mass is 10.1.